The number of hydrogen-bond acceptors (Lipinski definition) is 2. The van der Waals surface area contributed by atoms with Gasteiger partial charge >= 0.3 is 0 Å². The van der Waals surface area contributed by atoms with Gasteiger partial charge in [-0.25, -0.2) is 9.37 Å². The van der Waals surface area contributed by atoms with Gasteiger partial charge in [-0.1, -0.05) is 47.5 Å². The monoisotopic (exact) mass is 391 g/mol. The van der Waals surface area contributed by atoms with E-state index in [1.807, 2.05) is 0 Å². The molecule has 0 spiro atoms. The van der Waals surface area contributed by atoms with Gasteiger partial charge in [0.25, 0.3) is 0 Å². The van der Waals surface area contributed by atoms with E-state index < -0.39 is 11.9 Å². The summed E-state index contributed by atoms with van der Waals surface area (Å²) in [5, 5.41) is 3.66. The Kier molecular flexibility index (Phi) is 5.59. The van der Waals surface area contributed by atoms with Crippen LogP contribution in [0.25, 0.3) is 0 Å². The molecule has 134 valence electrons. The summed E-state index contributed by atoms with van der Waals surface area (Å²) < 4.78 is 16.1. The van der Waals surface area contributed by atoms with E-state index in [0.717, 1.165) is 0 Å². The number of nitrogens with zero attached hydrogens (tertiary/aromatic N) is 2. The zero-order chi connectivity index (χ0) is 18.7. The highest BCUT2D eigenvalue weighted by molar-refractivity contribution is 6.36. The summed E-state index contributed by atoms with van der Waals surface area (Å²) >= 11 is 12.3. The summed E-state index contributed by atoms with van der Waals surface area (Å²) in [4.78, 5) is 16.9. The molecule has 0 fully saturated rings. The van der Waals surface area contributed by atoms with E-state index in [2.05, 4.69) is 10.3 Å². The molecule has 1 heterocycles. The Morgan fingerprint density at radius 1 is 1.19 bits per heavy atom. The molecule has 0 bridgehead atoms. The first-order valence-corrected chi connectivity index (χ1v) is 8.67. The molecule has 0 aliphatic carbocycles. The Labute approximate surface area is 160 Å². The third kappa shape index (κ3) is 3.89. The van der Waals surface area contributed by atoms with E-state index in [-0.39, 0.29) is 12.3 Å². The average Bonchev–Trinajstić information content (AvgIpc) is 3.03. The van der Waals surface area contributed by atoms with Crippen molar-refractivity contribution in [1.82, 2.24) is 14.9 Å². The maximum atomic E-state index is 14.3. The van der Waals surface area contributed by atoms with Gasteiger partial charge in [0.2, 0.25) is 5.91 Å². The van der Waals surface area contributed by atoms with Crippen molar-refractivity contribution in [3.8, 4) is 0 Å². The summed E-state index contributed by atoms with van der Waals surface area (Å²) in [7, 11) is 1.78. The predicted molar refractivity (Wildman–Crippen MR) is 99.8 cm³/mol. The molecule has 2 aromatic carbocycles. The van der Waals surface area contributed by atoms with Gasteiger partial charge in [-0.05, 0) is 23.8 Å². The van der Waals surface area contributed by atoms with E-state index in [4.69, 9.17) is 23.2 Å². The van der Waals surface area contributed by atoms with Crippen molar-refractivity contribution in [3.63, 3.8) is 0 Å². The van der Waals surface area contributed by atoms with Crippen molar-refractivity contribution in [2.24, 2.45) is 7.05 Å². The van der Waals surface area contributed by atoms with Crippen LogP contribution in [-0.2, 0) is 18.3 Å². The molecule has 26 heavy (non-hydrogen) atoms. The van der Waals surface area contributed by atoms with Gasteiger partial charge in [0.15, 0.2) is 0 Å². The molecule has 0 aliphatic heterocycles. The second kappa shape index (κ2) is 7.89. The summed E-state index contributed by atoms with van der Waals surface area (Å²) in [6, 6.07) is 10.6. The van der Waals surface area contributed by atoms with E-state index in [1.165, 1.54) is 6.07 Å². The maximum Gasteiger partial charge on any atom is 0.225 e. The predicted octanol–water partition coefficient (Wildman–Crippen LogP) is 4.31. The third-order valence-corrected chi connectivity index (χ3v) is 4.75. The van der Waals surface area contributed by atoms with Crippen molar-refractivity contribution < 1.29 is 9.18 Å². The van der Waals surface area contributed by atoms with Crippen LogP contribution >= 0.6 is 23.2 Å². The number of halogens is 3. The number of imidazole rings is 1. The van der Waals surface area contributed by atoms with E-state index in [9.17, 15) is 9.18 Å². The van der Waals surface area contributed by atoms with Crippen LogP contribution < -0.4 is 5.32 Å². The SMILES string of the molecule is Cn1ccnc1[C@H](NC(=O)Cc1c(Cl)cccc1Cl)c1ccccc1F. The summed E-state index contributed by atoms with van der Waals surface area (Å²) in [5.74, 6) is -0.235. The lowest BCUT2D eigenvalue weighted by molar-refractivity contribution is -0.121. The molecule has 1 aromatic heterocycles. The molecule has 7 heteroatoms. The van der Waals surface area contributed by atoms with Gasteiger partial charge < -0.3 is 9.88 Å². The van der Waals surface area contributed by atoms with Crippen LogP contribution in [0.1, 0.15) is 23.0 Å². The quantitative estimate of drug-likeness (QED) is 0.703. The lowest BCUT2D eigenvalue weighted by Gasteiger charge is -2.20. The minimum atomic E-state index is -0.732. The van der Waals surface area contributed by atoms with E-state index in [0.29, 0.717) is 27.0 Å². The number of aromatic nitrogens is 2. The first-order chi connectivity index (χ1) is 12.5. The first-order valence-electron chi connectivity index (χ1n) is 7.91. The van der Waals surface area contributed by atoms with Crippen LogP contribution in [-0.4, -0.2) is 15.5 Å². The lowest BCUT2D eigenvalue weighted by Crippen LogP contribution is -2.32. The van der Waals surface area contributed by atoms with E-state index >= 15 is 0 Å². The molecule has 0 radical (unpaired) electrons. The zero-order valence-corrected chi connectivity index (χ0v) is 15.4. The van der Waals surface area contributed by atoms with Crippen molar-refractivity contribution in [2.45, 2.75) is 12.5 Å². The highest BCUT2D eigenvalue weighted by atomic mass is 35.5. The van der Waals surface area contributed by atoms with Crippen LogP contribution in [0, 0.1) is 5.82 Å². The molecular weight excluding hydrogens is 376 g/mol. The second-order valence-electron chi connectivity index (χ2n) is 5.80. The zero-order valence-electron chi connectivity index (χ0n) is 13.9. The van der Waals surface area contributed by atoms with Crippen molar-refractivity contribution in [3.05, 3.63) is 87.7 Å². The Morgan fingerprint density at radius 2 is 1.88 bits per heavy atom. The molecule has 0 unspecified atom stereocenters. The second-order valence-corrected chi connectivity index (χ2v) is 6.61. The number of carbonyl (C=O) groups excluding carboxylic acids is 1. The van der Waals surface area contributed by atoms with Crippen LogP contribution in [0.15, 0.2) is 54.9 Å². The Morgan fingerprint density at radius 3 is 2.50 bits per heavy atom. The molecule has 1 atom stereocenters. The molecule has 1 amide bonds. The Hall–Kier alpha value is -2.37. The van der Waals surface area contributed by atoms with Gasteiger partial charge in [0, 0.05) is 35.1 Å². The molecular formula is C19H16Cl2FN3O. The minimum Gasteiger partial charge on any atom is -0.342 e. The molecule has 3 aromatic rings. The van der Waals surface area contributed by atoms with Gasteiger partial charge in [-0.15, -0.1) is 0 Å². The summed E-state index contributed by atoms with van der Waals surface area (Å²) in [5.41, 5.74) is 0.862. The summed E-state index contributed by atoms with van der Waals surface area (Å²) in [6.45, 7) is 0. The first kappa shape index (κ1) is 18.4. The number of carbonyl (C=O) groups is 1. The minimum absolute atomic E-state index is 0.0200. The lowest BCUT2D eigenvalue weighted by atomic mass is 10.0. The highest BCUT2D eigenvalue weighted by Crippen LogP contribution is 2.26. The van der Waals surface area contributed by atoms with Gasteiger partial charge in [0.1, 0.15) is 17.7 Å². The summed E-state index contributed by atoms with van der Waals surface area (Å²) in [6.07, 6.45) is 3.31. The Balaban J connectivity index is 1.90. The Bertz CT molecular complexity index is 922. The number of hydrogen-bond donors (Lipinski definition) is 1. The topological polar surface area (TPSA) is 46.9 Å². The number of benzene rings is 2. The van der Waals surface area contributed by atoms with Crippen molar-refractivity contribution >= 4 is 29.1 Å². The largest absolute Gasteiger partial charge is 0.342 e. The molecule has 0 saturated heterocycles. The average molecular weight is 392 g/mol. The fourth-order valence-electron chi connectivity index (χ4n) is 2.72. The third-order valence-electron chi connectivity index (χ3n) is 4.04. The van der Waals surface area contributed by atoms with Crippen LogP contribution in [0.3, 0.4) is 0 Å². The number of amides is 1. The smallest absolute Gasteiger partial charge is 0.225 e. The number of aryl methyl sites for hydroxylation is 1. The molecule has 3 rings (SSSR count). The normalized spacial score (nSPS) is 12.0. The van der Waals surface area contributed by atoms with Crippen LogP contribution in [0.5, 0.6) is 0 Å². The molecule has 4 nitrogen and oxygen atoms in total. The molecule has 0 saturated carbocycles. The fourth-order valence-corrected chi connectivity index (χ4v) is 3.25. The van der Waals surface area contributed by atoms with Gasteiger partial charge in [-0.2, -0.15) is 0 Å². The number of nitrogens with one attached hydrogen (secondary N) is 1. The fraction of sp³-hybridized carbons (Fsp3) is 0.158. The van der Waals surface area contributed by atoms with Crippen LogP contribution in [0.4, 0.5) is 4.39 Å². The van der Waals surface area contributed by atoms with E-state index in [1.54, 1.807) is 60.4 Å². The van der Waals surface area contributed by atoms with Crippen molar-refractivity contribution in [1.29, 1.82) is 0 Å². The standard InChI is InChI=1S/C19H16Cl2FN3O/c1-25-10-9-23-19(25)18(12-5-2-3-8-16(12)22)24-17(26)11-13-14(20)6-4-7-15(13)21/h2-10,18H,11H2,1H3,(H,24,26)/t18-/m1/s1. The maximum absolute atomic E-state index is 14.3. The highest BCUT2D eigenvalue weighted by Gasteiger charge is 2.24. The van der Waals surface area contributed by atoms with Gasteiger partial charge in [-0.3, -0.25) is 4.79 Å². The molecule has 0 aliphatic rings. The van der Waals surface area contributed by atoms with Crippen LogP contribution in [0.2, 0.25) is 10.0 Å². The molecule has 1 N–H and O–H groups in total. The van der Waals surface area contributed by atoms with Crippen molar-refractivity contribution in [2.75, 3.05) is 0 Å². The number of rotatable bonds is 5. The van der Waals surface area contributed by atoms with Gasteiger partial charge in [0.05, 0.1) is 6.42 Å².